The second kappa shape index (κ2) is 11.0. The average molecular weight is 522 g/mol. The molecule has 0 saturated carbocycles. The quantitative estimate of drug-likeness (QED) is 0.341. The van der Waals surface area contributed by atoms with Gasteiger partial charge in [0, 0.05) is 36.7 Å². The van der Waals surface area contributed by atoms with Gasteiger partial charge in [-0.1, -0.05) is 6.92 Å². The van der Waals surface area contributed by atoms with Crippen LogP contribution in [0.15, 0.2) is 36.5 Å². The van der Waals surface area contributed by atoms with Gasteiger partial charge in [-0.25, -0.2) is 27.5 Å². The smallest absolute Gasteiger partial charge is 0.316 e. The Bertz CT molecular complexity index is 1280. The van der Waals surface area contributed by atoms with Crippen molar-refractivity contribution in [2.75, 3.05) is 39.2 Å². The van der Waals surface area contributed by atoms with Crippen molar-refractivity contribution in [3.05, 3.63) is 48.2 Å². The molecule has 11 nitrogen and oxygen atoms in total. The first-order chi connectivity index (χ1) is 17.2. The Morgan fingerprint density at radius 2 is 1.94 bits per heavy atom. The number of benzene rings is 1. The molecule has 3 aromatic rings. The molecule has 3 heterocycles. The second-order valence-corrected chi connectivity index (χ2v) is 10.7. The highest BCUT2D eigenvalue weighted by atomic mass is 32.2. The molecule has 1 aliphatic rings. The van der Waals surface area contributed by atoms with Crippen molar-refractivity contribution in [1.29, 1.82) is 0 Å². The molecule has 13 heteroatoms. The normalized spacial score (nSPS) is 20.4. The molecule has 36 heavy (non-hydrogen) atoms. The van der Waals surface area contributed by atoms with Gasteiger partial charge in [0.15, 0.2) is 5.82 Å². The number of H-pyrrole nitrogens is 1. The number of ether oxygens (including phenoxy) is 3. The summed E-state index contributed by atoms with van der Waals surface area (Å²) in [6.07, 6.45) is 2.25. The molecule has 0 radical (unpaired) electrons. The van der Waals surface area contributed by atoms with Crippen molar-refractivity contribution >= 4 is 10.0 Å². The van der Waals surface area contributed by atoms with Gasteiger partial charge in [0.25, 0.3) is 0 Å². The summed E-state index contributed by atoms with van der Waals surface area (Å²) in [5, 5.41) is 8.97. The van der Waals surface area contributed by atoms with Crippen LogP contribution in [0.5, 0.6) is 6.01 Å². The lowest BCUT2D eigenvalue weighted by Gasteiger charge is -2.36. The summed E-state index contributed by atoms with van der Waals surface area (Å²) in [5.74, 6) is 0.00223. The van der Waals surface area contributed by atoms with Crippen molar-refractivity contribution in [3.63, 3.8) is 0 Å². The maximum atomic E-state index is 13.6. The minimum absolute atomic E-state index is 0.0108. The molecule has 3 N–H and O–H groups in total. The van der Waals surface area contributed by atoms with E-state index >= 15 is 0 Å². The van der Waals surface area contributed by atoms with Crippen LogP contribution >= 0.6 is 0 Å². The Hall–Kier alpha value is -2.97. The highest BCUT2D eigenvalue weighted by Crippen LogP contribution is 2.35. The number of hydrogen-bond acceptors (Lipinski definition) is 9. The fourth-order valence-corrected chi connectivity index (χ4v) is 4.10. The summed E-state index contributed by atoms with van der Waals surface area (Å²) in [7, 11) is -3.35. The van der Waals surface area contributed by atoms with Gasteiger partial charge in [-0.2, -0.15) is 4.98 Å². The van der Waals surface area contributed by atoms with Crippen molar-refractivity contribution in [2.45, 2.75) is 19.6 Å². The molecule has 0 bridgehead atoms. The summed E-state index contributed by atoms with van der Waals surface area (Å²) in [5.41, 5.74) is 1.62. The molecule has 2 aromatic heterocycles. The third-order valence-electron chi connectivity index (χ3n) is 5.41. The lowest BCUT2D eigenvalue weighted by molar-refractivity contribution is -0.231. The van der Waals surface area contributed by atoms with E-state index < -0.39 is 21.7 Å². The van der Waals surface area contributed by atoms with Crippen LogP contribution < -0.4 is 9.46 Å². The standard InChI is InChI=1S/C23H28FN5O6S/c1-23(12-26-36(2,31)32)13-34-21(35-14-23)20-28-18(15-4-6-16(24)7-5-15)19(29-20)17-8-9-25-22(27-17)33-11-3-10-30/h4-9,21,26,30H,3,10-14H2,1-2H3,(H,28,29). The minimum Gasteiger partial charge on any atom is -0.463 e. The van der Waals surface area contributed by atoms with E-state index in [9.17, 15) is 12.8 Å². The second-order valence-electron chi connectivity index (χ2n) is 8.86. The first-order valence-electron chi connectivity index (χ1n) is 11.3. The summed E-state index contributed by atoms with van der Waals surface area (Å²) in [4.78, 5) is 16.4. The zero-order chi connectivity index (χ0) is 25.8. The number of halogens is 1. The van der Waals surface area contributed by atoms with Gasteiger partial charge >= 0.3 is 6.01 Å². The number of sulfonamides is 1. The van der Waals surface area contributed by atoms with E-state index in [1.54, 1.807) is 24.4 Å². The van der Waals surface area contributed by atoms with Crippen LogP contribution in [0.4, 0.5) is 4.39 Å². The molecule has 1 aliphatic heterocycles. The SMILES string of the molecule is CC1(CNS(C)(=O)=O)COC(c2nc(-c3ccc(F)cc3)c(-c3ccnc(OCCCO)n3)[nH]2)OC1. The van der Waals surface area contributed by atoms with Crippen LogP contribution in [0.2, 0.25) is 0 Å². The van der Waals surface area contributed by atoms with Gasteiger partial charge in [-0.3, -0.25) is 0 Å². The van der Waals surface area contributed by atoms with E-state index in [1.807, 2.05) is 6.92 Å². The van der Waals surface area contributed by atoms with Crippen LogP contribution in [0, 0.1) is 11.2 Å². The molecular formula is C23H28FN5O6S. The van der Waals surface area contributed by atoms with Gasteiger partial charge < -0.3 is 24.3 Å². The number of nitrogens with one attached hydrogen (secondary N) is 2. The molecule has 194 valence electrons. The number of rotatable bonds is 10. The molecule has 0 aliphatic carbocycles. The van der Waals surface area contributed by atoms with Crippen molar-refractivity contribution < 1.29 is 32.1 Å². The van der Waals surface area contributed by atoms with Crippen LogP contribution in [0.1, 0.15) is 25.5 Å². The maximum absolute atomic E-state index is 13.6. The average Bonchev–Trinajstić information content (AvgIpc) is 3.29. The van der Waals surface area contributed by atoms with E-state index in [2.05, 4.69) is 24.7 Å². The number of nitrogens with zero attached hydrogens (tertiary/aromatic N) is 3. The van der Waals surface area contributed by atoms with E-state index in [1.165, 1.54) is 12.1 Å². The Labute approximate surface area is 208 Å². The highest BCUT2D eigenvalue weighted by molar-refractivity contribution is 7.88. The number of aliphatic hydroxyl groups excluding tert-OH is 1. The van der Waals surface area contributed by atoms with Gasteiger partial charge in [0.2, 0.25) is 16.3 Å². The van der Waals surface area contributed by atoms with Crippen LogP contribution in [-0.2, 0) is 19.5 Å². The topological polar surface area (TPSA) is 149 Å². The molecule has 1 aromatic carbocycles. The zero-order valence-corrected chi connectivity index (χ0v) is 20.7. The number of aromatic amines is 1. The van der Waals surface area contributed by atoms with Gasteiger partial charge in [0.1, 0.15) is 5.82 Å². The number of aliphatic hydroxyl groups is 1. The van der Waals surface area contributed by atoms with Gasteiger partial charge in [-0.15, -0.1) is 0 Å². The Kier molecular flexibility index (Phi) is 7.95. The summed E-state index contributed by atoms with van der Waals surface area (Å²) in [6.45, 7) is 2.75. The first-order valence-corrected chi connectivity index (χ1v) is 13.2. The molecule has 1 fully saturated rings. The molecular weight excluding hydrogens is 493 g/mol. The van der Waals surface area contributed by atoms with Crippen molar-refractivity contribution in [1.82, 2.24) is 24.7 Å². The zero-order valence-electron chi connectivity index (χ0n) is 19.9. The largest absolute Gasteiger partial charge is 0.463 e. The Morgan fingerprint density at radius 3 is 2.61 bits per heavy atom. The Balaban J connectivity index is 1.60. The van der Waals surface area contributed by atoms with Crippen LogP contribution in [0.3, 0.4) is 0 Å². The number of aromatic nitrogens is 4. The lowest BCUT2D eigenvalue weighted by atomic mass is 9.92. The summed E-state index contributed by atoms with van der Waals surface area (Å²) in [6, 6.07) is 7.71. The fourth-order valence-electron chi connectivity index (χ4n) is 3.49. The third kappa shape index (κ3) is 6.62. The molecule has 1 saturated heterocycles. The minimum atomic E-state index is -3.35. The predicted molar refractivity (Wildman–Crippen MR) is 128 cm³/mol. The Morgan fingerprint density at radius 1 is 1.22 bits per heavy atom. The lowest BCUT2D eigenvalue weighted by Crippen LogP contribution is -2.45. The maximum Gasteiger partial charge on any atom is 0.316 e. The first kappa shape index (κ1) is 26.1. The van der Waals surface area contributed by atoms with Crippen molar-refractivity contribution in [3.8, 4) is 28.7 Å². The third-order valence-corrected chi connectivity index (χ3v) is 6.08. The van der Waals surface area contributed by atoms with E-state index in [4.69, 9.17) is 19.3 Å². The molecule has 0 spiro atoms. The monoisotopic (exact) mass is 521 g/mol. The molecule has 0 amide bonds. The predicted octanol–water partition coefficient (Wildman–Crippen LogP) is 2.03. The fraction of sp³-hybridized carbons (Fsp3) is 0.435. The van der Waals surface area contributed by atoms with E-state index in [0.29, 0.717) is 34.9 Å². The number of imidazole rings is 1. The van der Waals surface area contributed by atoms with Crippen LogP contribution in [0.25, 0.3) is 22.6 Å². The van der Waals surface area contributed by atoms with E-state index in [0.717, 1.165) is 6.26 Å². The number of hydrogen-bond donors (Lipinski definition) is 3. The van der Waals surface area contributed by atoms with Gasteiger partial charge in [0.05, 0.1) is 43.2 Å². The molecule has 0 unspecified atom stereocenters. The van der Waals surface area contributed by atoms with Gasteiger partial charge in [-0.05, 0) is 30.3 Å². The molecule has 4 rings (SSSR count). The highest BCUT2D eigenvalue weighted by Gasteiger charge is 2.35. The van der Waals surface area contributed by atoms with Crippen molar-refractivity contribution in [2.24, 2.45) is 5.41 Å². The summed E-state index contributed by atoms with van der Waals surface area (Å²) >= 11 is 0. The summed E-state index contributed by atoms with van der Waals surface area (Å²) < 4.78 is 56.3. The molecule has 0 atom stereocenters. The van der Waals surface area contributed by atoms with Crippen LogP contribution in [-0.4, -0.2) is 72.7 Å². The van der Waals surface area contributed by atoms with E-state index in [-0.39, 0.29) is 44.8 Å².